The Balaban J connectivity index is 2.91. The summed E-state index contributed by atoms with van der Waals surface area (Å²) >= 11 is 0. The number of benzene rings is 1. The molecule has 0 amide bonds. The van der Waals surface area contributed by atoms with Gasteiger partial charge in [0.15, 0.2) is 11.6 Å². The zero-order valence-corrected chi connectivity index (χ0v) is 11.5. The van der Waals surface area contributed by atoms with Gasteiger partial charge in [-0.1, -0.05) is 19.1 Å². The minimum atomic E-state index is -0.449. The Morgan fingerprint density at radius 1 is 1.39 bits per heavy atom. The van der Waals surface area contributed by atoms with E-state index in [1.54, 1.807) is 25.3 Å². The smallest absolute Gasteiger partial charge is 0.168 e. The van der Waals surface area contributed by atoms with Crippen molar-refractivity contribution in [1.82, 2.24) is 0 Å². The fourth-order valence-electron chi connectivity index (χ4n) is 1.88. The van der Waals surface area contributed by atoms with Crippen LogP contribution in [0.2, 0.25) is 0 Å². The molecule has 0 saturated heterocycles. The van der Waals surface area contributed by atoms with Crippen LogP contribution in [0, 0.1) is 5.82 Å². The highest BCUT2D eigenvalue weighted by Gasteiger charge is 2.30. The topological polar surface area (TPSA) is 44.5 Å². The van der Waals surface area contributed by atoms with Crippen LogP contribution in [-0.2, 0) is 11.2 Å². The summed E-state index contributed by atoms with van der Waals surface area (Å²) in [7, 11) is 3.08. The van der Waals surface area contributed by atoms with E-state index in [-0.39, 0.29) is 17.6 Å². The first-order valence-corrected chi connectivity index (χ1v) is 6.10. The van der Waals surface area contributed by atoms with Crippen molar-refractivity contribution in [3.05, 3.63) is 29.6 Å². The van der Waals surface area contributed by atoms with E-state index in [0.29, 0.717) is 12.0 Å². The first-order chi connectivity index (χ1) is 8.48. The maximum Gasteiger partial charge on any atom is 0.168 e. The Morgan fingerprint density at radius 3 is 2.56 bits per heavy atom. The summed E-state index contributed by atoms with van der Waals surface area (Å²) < 4.78 is 24.4. The van der Waals surface area contributed by atoms with E-state index >= 15 is 0 Å². The first kappa shape index (κ1) is 14.9. The van der Waals surface area contributed by atoms with Gasteiger partial charge in [-0.05, 0) is 31.4 Å². The zero-order chi connectivity index (χ0) is 13.8. The Morgan fingerprint density at radius 2 is 2.06 bits per heavy atom. The molecule has 2 unspecified atom stereocenters. The van der Waals surface area contributed by atoms with Crippen molar-refractivity contribution < 1.29 is 13.9 Å². The molecule has 0 aromatic heterocycles. The summed E-state index contributed by atoms with van der Waals surface area (Å²) in [6.07, 6.45) is 1.19. The summed E-state index contributed by atoms with van der Waals surface area (Å²) in [5, 5.41) is 0. The number of hydrogen-bond acceptors (Lipinski definition) is 3. The second-order valence-electron chi connectivity index (χ2n) is 4.61. The predicted octanol–water partition coefficient (Wildman–Crippen LogP) is 2.52. The van der Waals surface area contributed by atoms with Gasteiger partial charge in [-0.2, -0.15) is 0 Å². The molecule has 18 heavy (non-hydrogen) atoms. The molecule has 0 aliphatic rings. The van der Waals surface area contributed by atoms with Crippen LogP contribution in [0.3, 0.4) is 0 Å². The molecule has 0 aliphatic heterocycles. The largest absolute Gasteiger partial charge is 0.494 e. The van der Waals surface area contributed by atoms with Gasteiger partial charge in [-0.25, -0.2) is 4.39 Å². The highest BCUT2D eigenvalue weighted by Crippen LogP contribution is 2.25. The third-order valence-electron chi connectivity index (χ3n) is 3.66. The van der Waals surface area contributed by atoms with Crippen molar-refractivity contribution in [3.8, 4) is 5.75 Å². The number of hydrogen-bond donors (Lipinski definition) is 1. The van der Waals surface area contributed by atoms with Gasteiger partial charge in [-0.3, -0.25) is 0 Å². The Labute approximate surface area is 108 Å². The van der Waals surface area contributed by atoms with Crippen LogP contribution in [0.5, 0.6) is 5.75 Å². The highest BCUT2D eigenvalue weighted by atomic mass is 19.1. The second kappa shape index (κ2) is 6.16. The predicted molar refractivity (Wildman–Crippen MR) is 70.3 cm³/mol. The van der Waals surface area contributed by atoms with Gasteiger partial charge in [-0.15, -0.1) is 0 Å². The maximum absolute atomic E-state index is 14.0. The molecule has 0 aliphatic carbocycles. The van der Waals surface area contributed by atoms with E-state index in [1.807, 2.05) is 13.8 Å². The van der Waals surface area contributed by atoms with Crippen LogP contribution in [0.1, 0.15) is 25.8 Å². The van der Waals surface area contributed by atoms with Gasteiger partial charge in [0.05, 0.1) is 12.7 Å². The second-order valence-corrected chi connectivity index (χ2v) is 4.61. The molecule has 2 atom stereocenters. The molecule has 1 aromatic carbocycles. The average Bonchev–Trinajstić information content (AvgIpc) is 2.40. The van der Waals surface area contributed by atoms with Gasteiger partial charge >= 0.3 is 0 Å². The van der Waals surface area contributed by atoms with Gasteiger partial charge in [0.25, 0.3) is 0 Å². The number of halogens is 1. The molecule has 3 nitrogen and oxygen atoms in total. The monoisotopic (exact) mass is 255 g/mol. The van der Waals surface area contributed by atoms with Crippen molar-refractivity contribution >= 4 is 0 Å². The number of rotatable bonds is 6. The minimum absolute atomic E-state index is 0.246. The first-order valence-electron chi connectivity index (χ1n) is 6.10. The fourth-order valence-corrected chi connectivity index (χ4v) is 1.88. The molecule has 0 radical (unpaired) electrons. The molecular formula is C14H22FNO2. The maximum atomic E-state index is 14.0. The van der Waals surface area contributed by atoms with Crippen molar-refractivity contribution in [1.29, 1.82) is 0 Å². The standard InChI is InChI=1S/C14H22FNO2/c1-5-14(2,18-4)12(16)9-10-7-6-8-11(17-3)13(10)15/h6-8,12H,5,9,16H2,1-4H3. The lowest BCUT2D eigenvalue weighted by Gasteiger charge is -2.33. The van der Waals surface area contributed by atoms with Crippen molar-refractivity contribution in [2.75, 3.05) is 14.2 Å². The van der Waals surface area contributed by atoms with Crippen LogP contribution in [-0.4, -0.2) is 25.9 Å². The van der Waals surface area contributed by atoms with Gasteiger partial charge in [0, 0.05) is 13.2 Å². The number of nitrogens with two attached hydrogens (primary N) is 1. The molecule has 0 heterocycles. The van der Waals surface area contributed by atoms with Gasteiger partial charge in [0.1, 0.15) is 0 Å². The summed E-state index contributed by atoms with van der Waals surface area (Å²) in [5.41, 5.74) is 6.24. The molecule has 0 spiro atoms. The summed E-state index contributed by atoms with van der Waals surface area (Å²) in [6.45, 7) is 3.95. The molecule has 1 aromatic rings. The van der Waals surface area contributed by atoms with Crippen LogP contribution >= 0.6 is 0 Å². The molecule has 0 bridgehead atoms. The molecule has 0 saturated carbocycles. The highest BCUT2D eigenvalue weighted by molar-refractivity contribution is 5.31. The van der Waals surface area contributed by atoms with Crippen LogP contribution < -0.4 is 10.5 Å². The minimum Gasteiger partial charge on any atom is -0.494 e. The lowest BCUT2D eigenvalue weighted by Crippen LogP contribution is -2.48. The summed E-state index contributed by atoms with van der Waals surface area (Å²) in [4.78, 5) is 0. The van der Waals surface area contributed by atoms with Crippen LogP contribution in [0.4, 0.5) is 4.39 Å². The Hall–Kier alpha value is -1.13. The van der Waals surface area contributed by atoms with Crippen LogP contribution in [0.15, 0.2) is 18.2 Å². The van der Waals surface area contributed by atoms with E-state index in [9.17, 15) is 4.39 Å². The van der Waals surface area contributed by atoms with E-state index in [1.165, 1.54) is 7.11 Å². The SMILES string of the molecule is CCC(C)(OC)C(N)Cc1cccc(OC)c1F. The molecule has 4 heteroatoms. The van der Waals surface area contributed by atoms with E-state index in [2.05, 4.69) is 0 Å². The van der Waals surface area contributed by atoms with E-state index < -0.39 is 5.60 Å². The quantitative estimate of drug-likeness (QED) is 0.849. The van der Waals surface area contributed by atoms with Crippen molar-refractivity contribution in [2.45, 2.75) is 38.3 Å². The lowest BCUT2D eigenvalue weighted by molar-refractivity contribution is -0.0186. The molecule has 102 valence electrons. The molecule has 0 fully saturated rings. The van der Waals surface area contributed by atoms with E-state index in [0.717, 1.165) is 6.42 Å². The van der Waals surface area contributed by atoms with Gasteiger partial charge < -0.3 is 15.2 Å². The van der Waals surface area contributed by atoms with Gasteiger partial charge in [0.2, 0.25) is 0 Å². The summed E-state index contributed by atoms with van der Waals surface area (Å²) in [6, 6.07) is 4.82. The summed E-state index contributed by atoms with van der Waals surface area (Å²) in [5.74, 6) is -0.0969. The normalized spacial score (nSPS) is 16.1. The zero-order valence-electron chi connectivity index (χ0n) is 11.5. The number of methoxy groups -OCH3 is 2. The third kappa shape index (κ3) is 3.00. The average molecular weight is 255 g/mol. The molecular weight excluding hydrogens is 233 g/mol. The van der Waals surface area contributed by atoms with E-state index in [4.69, 9.17) is 15.2 Å². The fraction of sp³-hybridized carbons (Fsp3) is 0.571. The van der Waals surface area contributed by atoms with Crippen molar-refractivity contribution in [3.63, 3.8) is 0 Å². The van der Waals surface area contributed by atoms with Crippen molar-refractivity contribution in [2.24, 2.45) is 5.73 Å². The number of ether oxygens (including phenoxy) is 2. The Kier molecular flexibility index (Phi) is 5.11. The lowest BCUT2D eigenvalue weighted by atomic mass is 9.89. The van der Waals surface area contributed by atoms with Crippen LogP contribution in [0.25, 0.3) is 0 Å². The third-order valence-corrected chi connectivity index (χ3v) is 3.66. The molecule has 2 N–H and O–H groups in total. The Bertz CT molecular complexity index is 391. The molecule has 1 rings (SSSR count).